The van der Waals surface area contributed by atoms with E-state index in [-0.39, 0.29) is 32.0 Å². The van der Waals surface area contributed by atoms with Crippen molar-refractivity contribution >= 4 is 16.6 Å². The van der Waals surface area contributed by atoms with Crippen molar-refractivity contribution in [3.8, 4) is 0 Å². The van der Waals surface area contributed by atoms with Crippen LogP contribution in [0.2, 0.25) is 0 Å². The number of fused-ring (bicyclic) bond motifs is 3. The molecule has 3 aromatic rings. The van der Waals surface area contributed by atoms with E-state index < -0.39 is 5.67 Å². The summed E-state index contributed by atoms with van der Waals surface area (Å²) in [6.45, 7) is 4.92. The molecule has 5 rings (SSSR count). The monoisotopic (exact) mass is 482 g/mol. The molecule has 1 fully saturated rings. The largest absolute Gasteiger partial charge is 0.375 e. The van der Waals surface area contributed by atoms with E-state index in [2.05, 4.69) is 82.6 Å². The number of aromatic amines is 1. The van der Waals surface area contributed by atoms with E-state index in [9.17, 15) is 4.39 Å². The fraction of sp³-hybridized carbons (Fsp3) is 0.500. The zero-order chi connectivity index (χ0) is 24.4. The number of nitrogens with one attached hydrogen (secondary N) is 2. The van der Waals surface area contributed by atoms with Crippen LogP contribution < -0.4 is 10.2 Å². The van der Waals surface area contributed by atoms with E-state index in [1.54, 1.807) is 0 Å². The van der Waals surface area contributed by atoms with Gasteiger partial charge in [-0.2, -0.15) is 0 Å². The van der Waals surface area contributed by atoms with Gasteiger partial charge in [0.25, 0.3) is 0 Å². The van der Waals surface area contributed by atoms with Crippen LogP contribution in [0.3, 0.4) is 0 Å². The molecule has 0 unspecified atom stereocenters. The van der Waals surface area contributed by atoms with Crippen molar-refractivity contribution < 1.29 is 13.5 Å². The highest BCUT2D eigenvalue weighted by Gasteiger charge is 2.45. The predicted molar refractivity (Wildman–Crippen MR) is 138 cm³/mol. The van der Waals surface area contributed by atoms with Crippen molar-refractivity contribution in [3.05, 3.63) is 65.4 Å². The zero-order valence-corrected chi connectivity index (χ0v) is 20.7. The van der Waals surface area contributed by atoms with E-state index in [0.717, 1.165) is 36.3 Å². The minimum Gasteiger partial charge on any atom is -0.375 e. The number of halogens is 2. The molecular weight excluding hydrogens is 446 g/mol. The first-order valence-corrected chi connectivity index (χ1v) is 12.7. The summed E-state index contributed by atoms with van der Waals surface area (Å²) in [5.74, 6) is 0. The van der Waals surface area contributed by atoms with Crippen LogP contribution in [0.1, 0.15) is 36.2 Å². The zero-order valence-electron chi connectivity index (χ0n) is 20.7. The fourth-order valence-electron chi connectivity index (χ4n) is 5.48. The van der Waals surface area contributed by atoms with Crippen molar-refractivity contribution in [1.29, 1.82) is 0 Å². The Bertz CT molecular complexity index is 1140. The summed E-state index contributed by atoms with van der Waals surface area (Å²) in [7, 11) is 2.08. The first-order chi connectivity index (χ1) is 17.0. The highest BCUT2D eigenvalue weighted by Crippen LogP contribution is 2.43. The van der Waals surface area contributed by atoms with E-state index in [4.69, 9.17) is 4.74 Å². The van der Waals surface area contributed by atoms with Crippen molar-refractivity contribution in [2.75, 3.05) is 58.0 Å². The van der Waals surface area contributed by atoms with Gasteiger partial charge in [0, 0.05) is 55.0 Å². The summed E-state index contributed by atoms with van der Waals surface area (Å²) in [5, 5.41) is 4.55. The summed E-state index contributed by atoms with van der Waals surface area (Å²) in [6, 6.07) is 17.2. The minimum absolute atomic E-state index is 0.0644. The second-order valence-corrected chi connectivity index (χ2v) is 10.1. The number of rotatable bonds is 10. The highest BCUT2D eigenvalue weighted by molar-refractivity contribution is 5.85. The van der Waals surface area contributed by atoms with Crippen molar-refractivity contribution in [3.63, 3.8) is 0 Å². The van der Waals surface area contributed by atoms with Crippen LogP contribution in [-0.4, -0.2) is 74.7 Å². The van der Waals surface area contributed by atoms with Gasteiger partial charge in [0.15, 0.2) is 5.67 Å². The third kappa shape index (κ3) is 4.95. The van der Waals surface area contributed by atoms with Gasteiger partial charge in [0.2, 0.25) is 0 Å². The summed E-state index contributed by atoms with van der Waals surface area (Å²) in [6.07, 6.45) is 1.43. The topological polar surface area (TPSA) is 43.5 Å². The normalized spacial score (nSPS) is 21.6. The van der Waals surface area contributed by atoms with E-state index in [0.29, 0.717) is 19.5 Å². The molecule has 2 aromatic carbocycles. The van der Waals surface area contributed by atoms with Gasteiger partial charge in [0.1, 0.15) is 0 Å². The number of benzene rings is 2. The molecule has 0 bridgehead atoms. The highest BCUT2D eigenvalue weighted by atomic mass is 19.1. The minimum atomic E-state index is -1.30. The summed E-state index contributed by atoms with van der Waals surface area (Å²) in [4.78, 5) is 8.22. The molecule has 0 amide bonds. The quantitative estimate of drug-likeness (QED) is 0.414. The Kier molecular flexibility index (Phi) is 7.09. The Hall–Kier alpha value is -2.48. The second-order valence-electron chi connectivity index (χ2n) is 10.1. The molecule has 1 saturated heterocycles. The summed E-state index contributed by atoms with van der Waals surface area (Å²) in [5.41, 5.74) is 4.61. The number of alkyl halides is 2. The lowest BCUT2D eigenvalue weighted by Crippen LogP contribution is -2.57. The number of anilines is 1. The maximum atomic E-state index is 15.4. The van der Waals surface area contributed by atoms with Crippen molar-refractivity contribution in [1.82, 2.24) is 15.2 Å². The Morgan fingerprint density at radius 1 is 1.17 bits per heavy atom. The standard InChI is InChI=1S/C28H36F2N4O/c1-20-15-24-23-9-3-4-10-25(23)32-26(24)27(34(20)17-28(30)18-35-19-28)21-7-5-8-22(16-21)33(2)14-13-31-12-6-11-29/h3-5,7-10,16,20,27,31-32H,6,11-15,17-19H2,1-2H3/t20-,27-/m1/s1. The first kappa shape index (κ1) is 24.2. The van der Waals surface area contributed by atoms with Gasteiger partial charge in [-0.1, -0.05) is 30.3 Å². The Morgan fingerprint density at radius 2 is 2.00 bits per heavy atom. The van der Waals surface area contributed by atoms with Crippen LogP contribution in [0.4, 0.5) is 14.5 Å². The molecule has 1 aromatic heterocycles. The molecule has 0 saturated carbocycles. The lowest BCUT2D eigenvalue weighted by molar-refractivity contribution is -0.147. The number of likely N-dealkylation sites (N-methyl/N-ethyl adjacent to an activating group) is 1. The molecule has 3 heterocycles. The van der Waals surface area contributed by atoms with Gasteiger partial charge in [-0.3, -0.25) is 9.29 Å². The molecule has 0 radical (unpaired) electrons. The van der Waals surface area contributed by atoms with Crippen LogP contribution in [0.15, 0.2) is 48.5 Å². The van der Waals surface area contributed by atoms with E-state index in [1.165, 1.54) is 16.6 Å². The van der Waals surface area contributed by atoms with Gasteiger partial charge < -0.3 is 19.9 Å². The van der Waals surface area contributed by atoms with Gasteiger partial charge >= 0.3 is 0 Å². The predicted octanol–water partition coefficient (Wildman–Crippen LogP) is 4.63. The average molecular weight is 483 g/mol. The Morgan fingerprint density at radius 3 is 2.77 bits per heavy atom. The Labute approximate surface area is 206 Å². The molecule has 0 aliphatic carbocycles. The molecule has 2 aliphatic rings. The number of hydrogen-bond acceptors (Lipinski definition) is 4. The first-order valence-electron chi connectivity index (χ1n) is 12.7. The number of H-pyrrole nitrogens is 1. The third-order valence-corrected chi connectivity index (χ3v) is 7.44. The van der Waals surface area contributed by atoms with E-state index >= 15 is 4.39 Å². The molecule has 0 spiro atoms. The SMILES string of the molecule is C[C@@H]1Cc2c([nH]c3ccccc23)[C@@H](c2cccc(N(C)CCNCCCF)c2)N1CC1(F)COC1. The number of nitrogens with zero attached hydrogens (tertiary/aromatic N) is 2. The fourth-order valence-corrected chi connectivity index (χ4v) is 5.48. The molecular formula is C28H36F2N4O. The molecule has 2 N–H and O–H groups in total. The molecule has 35 heavy (non-hydrogen) atoms. The van der Waals surface area contributed by atoms with Crippen molar-refractivity contribution in [2.45, 2.75) is 37.5 Å². The number of hydrogen-bond donors (Lipinski definition) is 2. The lowest BCUT2D eigenvalue weighted by atomic mass is 9.87. The maximum Gasteiger partial charge on any atom is 0.169 e. The van der Waals surface area contributed by atoms with Crippen LogP contribution in [0.5, 0.6) is 0 Å². The second kappa shape index (κ2) is 10.2. The maximum absolute atomic E-state index is 15.4. The lowest BCUT2D eigenvalue weighted by Gasteiger charge is -2.46. The molecule has 188 valence electrons. The molecule has 2 aliphatic heterocycles. The van der Waals surface area contributed by atoms with Gasteiger partial charge in [-0.05, 0) is 55.6 Å². The Balaban J connectivity index is 1.47. The number of ether oxygens (including phenoxy) is 1. The summed E-state index contributed by atoms with van der Waals surface area (Å²) >= 11 is 0. The van der Waals surface area contributed by atoms with Crippen molar-refractivity contribution in [2.24, 2.45) is 0 Å². The van der Waals surface area contributed by atoms with Crippen LogP contribution in [0, 0.1) is 0 Å². The van der Waals surface area contributed by atoms with Gasteiger partial charge in [-0.25, -0.2) is 4.39 Å². The van der Waals surface area contributed by atoms with Crippen LogP contribution in [0.25, 0.3) is 10.9 Å². The average Bonchev–Trinajstić information content (AvgIpc) is 3.21. The number of para-hydroxylation sites is 1. The van der Waals surface area contributed by atoms with Gasteiger partial charge in [0.05, 0.1) is 25.9 Å². The summed E-state index contributed by atoms with van der Waals surface area (Å²) < 4.78 is 32.9. The van der Waals surface area contributed by atoms with Crippen LogP contribution >= 0.6 is 0 Å². The van der Waals surface area contributed by atoms with Crippen LogP contribution in [-0.2, 0) is 11.2 Å². The molecule has 7 heteroatoms. The van der Waals surface area contributed by atoms with E-state index in [1.807, 2.05) is 0 Å². The smallest absolute Gasteiger partial charge is 0.169 e. The number of aromatic nitrogens is 1. The molecule has 2 atom stereocenters. The van der Waals surface area contributed by atoms with Gasteiger partial charge in [-0.15, -0.1) is 0 Å². The third-order valence-electron chi connectivity index (χ3n) is 7.44. The molecule has 5 nitrogen and oxygen atoms in total.